The van der Waals surface area contributed by atoms with Crippen molar-refractivity contribution in [2.24, 2.45) is 0 Å². The molecule has 0 spiro atoms. The van der Waals surface area contributed by atoms with Crippen molar-refractivity contribution in [1.82, 2.24) is 0 Å². The van der Waals surface area contributed by atoms with Gasteiger partial charge in [0.2, 0.25) is 0 Å². The normalized spacial score (nSPS) is 11.8. The molecule has 0 aromatic heterocycles. The fraction of sp³-hybridized carbons (Fsp3) is 0.133. The lowest BCUT2D eigenvalue weighted by molar-refractivity contribution is 0.577. The minimum atomic E-state index is -0.623. The van der Waals surface area contributed by atoms with E-state index in [1.54, 1.807) is 13.0 Å². The molecule has 1 N–H and O–H groups in total. The lowest BCUT2D eigenvalue weighted by Gasteiger charge is -2.16. The van der Waals surface area contributed by atoms with E-state index in [9.17, 15) is 13.2 Å². The van der Waals surface area contributed by atoms with Crippen LogP contribution in [0.1, 0.15) is 24.1 Å². The van der Waals surface area contributed by atoms with E-state index in [1.807, 2.05) is 0 Å². The van der Waals surface area contributed by atoms with E-state index < -0.39 is 23.5 Å². The lowest BCUT2D eigenvalue weighted by Crippen LogP contribution is -2.09. The van der Waals surface area contributed by atoms with Gasteiger partial charge >= 0.3 is 0 Å². The second-order valence-corrected chi connectivity index (χ2v) is 4.34. The minimum Gasteiger partial charge on any atom is -0.378 e. The first-order valence-corrected chi connectivity index (χ1v) is 5.92. The third-order valence-electron chi connectivity index (χ3n) is 2.89. The van der Waals surface area contributed by atoms with Gasteiger partial charge in [-0.1, -0.05) is 0 Å². The topological polar surface area (TPSA) is 35.8 Å². The SMILES string of the molecule is CC(Nc1ccc(F)c(C#N)c1)c1cc(F)ccc1F. The van der Waals surface area contributed by atoms with E-state index in [0.29, 0.717) is 5.69 Å². The Balaban J connectivity index is 2.26. The average molecular weight is 276 g/mol. The fourth-order valence-electron chi connectivity index (χ4n) is 1.87. The van der Waals surface area contributed by atoms with Crippen LogP contribution in [0.2, 0.25) is 0 Å². The molecule has 2 nitrogen and oxygen atoms in total. The second kappa shape index (κ2) is 5.66. The summed E-state index contributed by atoms with van der Waals surface area (Å²) in [6, 6.07) is 8.29. The van der Waals surface area contributed by atoms with E-state index in [4.69, 9.17) is 5.26 Å². The Bertz CT molecular complexity index is 677. The highest BCUT2D eigenvalue weighted by atomic mass is 19.1. The second-order valence-electron chi connectivity index (χ2n) is 4.34. The highest BCUT2D eigenvalue weighted by Crippen LogP contribution is 2.23. The van der Waals surface area contributed by atoms with Crippen LogP contribution in [0.15, 0.2) is 36.4 Å². The van der Waals surface area contributed by atoms with Crippen molar-refractivity contribution in [3.8, 4) is 6.07 Å². The molecule has 0 amide bonds. The molecule has 1 unspecified atom stereocenters. The number of rotatable bonds is 3. The minimum absolute atomic E-state index is 0.109. The molecular formula is C15H11F3N2. The monoisotopic (exact) mass is 276 g/mol. The summed E-state index contributed by atoms with van der Waals surface area (Å²) in [7, 11) is 0. The molecule has 0 aliphatic rings. The smallest absolute Gasteiger partial charge is 0.141 e. The van der Waals surface area contributed by atoms with E-state index in [2.05, 4.69) is 5.32 Å². The Labute approximate surface area is 114 Å². The Morgan fingerprint density at radius 1 is 1.05 bits per heavy atom. The number of hydrogen-bond donors (Lipinski definition) is 1. The van der Waals surface area contributed by atoms with Gasteiger partial charge in [-0.05, 0) is 43.3 Å². The van der Waals surface area contributed by atoms with Crippen LogP contribution in [0.5, 0.6) is 0 Å². The predicted octanol–water partition coefficient (Wildman–Crippen LogP) is 4.15. The summed E-state index contributed by atoms with van der Waals surface area (Å²) in [5.41, 5.74) is 0.508. The fourth-order valence-corrected chi connectivity index (χ4v) is 1.87. The van der Waals surface area contributed by atoms with Crippen LogP contribution < -0.4 is 5.32 Å². The number of nitrogens with zero attached hydrogens (tertiary/aromatic N) is 1. The molecule has 5 heteroatoms. The van der Waals surface area contributed by atoms with Crippen molar-refractivity contribution in [1.29, 1.82) is 5.26 Å². The van der Waals surface area contributed by atoms with Gasteiger partial charge in [-0.25, -0.2) is 13.2 Å². The van der Waals surface area contributed by atoms with Gasteiger partial charge in [0.15, 0.2) is 0 Å². The molecule has 0 saturated carbocycles. The molecule has 2 rings (SSSR count). The van der Waals surface area contributed by atoms with E-state index in [0.717, 1.165) is 24.3 Å². The van der Waals surface area contributed by atoms with Crippen LogP contribution in [-0.4, -0.2) is 0 Å². The largest absolute Gasteiger partial charge is 0.378 e. The van der Waals surface area contributed by atoms with Crippen molar-refractivity contribution in [3.05, 3.63) is 65.0 Å². The Kier molecular flexibility index (Phi) is 3.94. The zero-order valence-corrected chi connectivity index (χ0v) is 10.6. The Morgan fingerprint density at radius 2 is 1.75 bits per heavy atom. The first-order chi connectivity index (χ1) is 9.51. The van der Waals surface area contributed by atoms with Crippen molar-refractivity contribution in [2.75, 3.05) is 5.32 Å². The number of anilines is 1. The van der Waals surface area contributed by atoms with Crippen LogP contribution in [0.3, 0.4) is 0 Å². The number of nitriles is 1. The third kappa shape index (κ3) is 2.91. The summed E-state index contributed by atoms with van der Waals surface area (Å²) in [4.78, 5) is 0. The van der Waals surface area contributed by atoms with E-state index in [1.165, 1.54) is 12.1 Å². The molecule has 0 aliphatic carbocycles. The molecule has 0 bridgehead atoms. The lowest BCUT2D eigenvalue weighted by atomic mass is 10.1. The first-order valence-electron chi connectivity index (χ1n) is 5.92. The zero-order chi connectivity index (χ0) is 14.7. The van der Waals surface area contributed by atoms with Gasteiger partial charge in [-0.3, -0.25) is 0 Å². The maximum atomic E-state index is 13.6. The zero-order valence-electron chi connectivity index (χ0n) is 10.6. The Morgan fingerprint density at radius 3 is 2.45 bits per heavy atom. The summed E-state index contributed by atoms with van der Waals surface area (Å²) < 4.78 is 39.9. The van der Waals surface area contributed by atoms with Crippen LogP contribution in [0.4, 0.5) is 18.9 Å². The number of hydrogen-bond acceptors (Lipinski definition) is 2. The van der Waals surface area contributed by atoms with Crippen molar-refractivity contribution in [2.45, 2.75) is 13.0 Å². The number of nitrogens with one attached hydrogen (secondary N) is 1. The molecule has 0 radical (unpaired) electrons. The molecule has 20 heavy (non-hydrogen) atoms. The van der Waals surface area contributed by atoms with Crippen molar-refractivity contribution < 1.29 is 13.2 Å². The van der Waals surface area contributed by atoms with Gasteiger partial charge in [0.05, 0.1) is 11.6 Å². The molecule has 0 heterocycles. The molecule has 0 saturated heterocycles. The molecule has 1 atom stereocenters. The predicted molar refractivity (Wildman–Crippen MR) is 69.5 cm³/mol. The summed E-state index contributed by atoms with van der Waals surface area (Å²) >= 11 is 0. The van der Waals surface area contributed by atoms with Crippen molar-refractivity contribution >= 4 is 5.69 Å². The summed E-state index contributed by atoms with van der Waals surface area (Å²) in [5.74, 6) is -1.69. The van der Waals surface area contributed by atoms with Gasteiger partial charge < -0.3 is 5.32 Å². The summed E-state index contributed by atoms with van der Waals surface area (Å²) in [6.45, 7) is 1.65. The van der Waals surface area contributed by atoms with Gasteiger partial charge in [0.25, 0.3) is 0 Å². The summed E-state index contributed by atoms with van der Waals surface area (Å²) in [6.07, 6.45) is 0. The molecule has 2 aromatic rings. The van der Waals surface area contributed by atoms with Crippen molar-refractivity contribution in [3.63, 3.8) is 0 Å². The van der Waals surface area contributed by atoms with Gasteiger partial charge in [0, 0.05) is 11.3 Å². The van der Waals surface area contributed by atoms with Crippen LogP contribution in [0, 0.1) is 28.8 Å². The van der Waals surface area contributed by atoms with Crippen LogP contribution in [0.25, 0.3) is 0 Å². The maximum Gasteiger partial charge on any atom is 0.141 e. The van der Waals surface area contributed by atoms with E-state index in [-0.39, 0.29) is 11.1 Å². The van der Waals surface area contributed by atoms with E-state index >= 15 is 0 Å². The first kappa shape index (κ1) is 13.9. The van der Waals surface area contributed by atoms with Crippen LogP contribution in [-0.2, 0) is 0 Å². The summed E-state index contributed by atoms with van der Waals surface area (Å²) in [5, 5.41) is 11.7. The molecule has 2 aromatic carbocycles. The Hall–Kier alpha value is -2.48. The molecule has 0 aliphatic heterocycles. The van der Waals surface area contributed by atoms with Gasteiger partial charge in [-0.2, -0.15) is 5.26 Å². The maximum absolute atomic E-state index is 13.6. The third-order valence-corrected chi connectivity index (χ3v) is 2.89. The number of benzene rings is 2. The molecule has 0 fully saturated rings. The molecule has 102 valence electrons. The van der Waals surface area contributed by atoms with Crippen LogP contribution >= 0.6 is 0 Å². The number of halogens is 3. The highest BCUT2D eigenvalue weighted by Gasteiger charge is 2.12. The molecular weight excluding hydrogens is 265 g/mol. The van der Waals surface area contributed by atoms with Gasteiger partial charge in [0.1, 0.15) is 23.5 Å². The quantitative estimate of drug-likeness (QED) is 0.914. The standard InChI is InChI=1S/C15H11F3N2/c1-9(13-7-11(16)2-4-15(13)18)20-12-3-5-14(17)10(6-12)8-19/h2-7,9,20H,1H3. The highest BCUT2D eigenvalue weighted by molar-refractivity contribution is 5.51. The van der Waals surface area contributed by atoms with Gasteiger partial charge in [-0.15, -0.1) is 0 Å². The average Bonchev–Trinajstić information content (AvgIpc) is 2.43.